The van der Waals surface area contributed by atoms with Crippen LogP contribution in [0.25, 0.3) is 17.1 Å². The van der Waals surface area contributed by atoms with E-state index >= 15 is 0 Å². The Hall–Kier alpha value is -4.88. The number of rotatable bonds is 6. The normalized spacial score (nSPS) is 14.6. The van der Waals surface area contributed by atoms with Crippen LogP contribution >= 0.6 is 0 Å². The first-order valence-electron chi connectivity index (χ1n) is 12.9. The maximum Gasteiger partial charge on any atom is 0.435 e. The molecule has 5 heterocycles. The molecule has 0 atom stereocenters. The van der Waals surface area contributed by atoms with Crippen LogP contribution in [0.1, 0.15) is 47.0 Å². The van der Waals surface area contributed by atoms with E-state index in [9.17, 15) is 13.2 Å². The van der Waals surface area contributed by atoms with Crippen molar-refractivity contribution in [3.63, 3.8) is 0 Å². The average Bonchev–Trinajstić information content (AvgIpc) is 3.57. The number of hydrogen-bond acceptors (Lipinski definition) is 9. The summed E-state index contributed by atoms with van der Waals surface area (Å²) in [5.74, 6) is 2.49. The van der Waals surface area contributed by atoms with Gasteiger partial charge in [0.2, 0.25) is 11.8 Å². The molecule has 41 heavy (non-hydrogen) atoms. The number of aromatic nitrogens is 9. The van der Waals surface area contributed by atoms with Gasteiger partial charge in [-0.2, -0.15) is 18.3 Å². The molecule has 0 spiro atoms. The van der Waals surface area contributed by atoms with Crippen molar-refractivity contribution in [2.24, 2.45) is 0 Å². The van der Waals surface area contributed by atoms with Crippen molar-refractivity contribution >= 4 is 11.8 Å². The molecule has 1 aliphatic heterocycles. The van der Waals surface area contributed by atoms with Crippen molar-refractivity contribution in [1.29, 1.82) is 0 Å². The second-order valence-corrected chi connectivity index (χ2v) is 10.1. The molecule has 0 N–H and O–H groups in total. The lowest BCUT2D eigenvalue weighted by Gasteiger charge is -2.29. The van der Waals surface area contributed by atoms with E-state index in [-0.39, 0.29) is 0 Å². The van der Waals surface area contributed by atoms with Gasteiger partial charge in [-0.05, 0) is 43.5 Å². The van der Waals surface area contributed by atoms with Gasteiger partial charge in [-0.3, -0.25) is 9.47 Å². The largest absolute Gasteiger partial charge is 0.480 e. The fraction of sp³-hybridized carbons (Fsp3) is 0.296. The van der Waals surface area contributed by atoms with Crippen LogP contribution < -0.4 is 9.64 Å². The summed E-state index contributed by atoms with van der Waals surface area (Å²) in [4.78, 5) is 20.4. The Morgan fingerprint density at radius 1 is 1.07 bits per heavy atom. The molecule has 208 valence electrons. The molecule has 14 heteroatoms. The topological polar surface area (TPSA) is 113 Å². The highest BCUT2D eigenvalue weighted by molar-refractivity contribution is 5.70. The van der Waals surface area contributed by atoms with Crippen molar-refractivity contribution in [2.75, 3.05) is 12.0 Å². The maximum absolute atomic E-state index is 13.2. The third-order valence-electron chi connectivity index (χ3n) is 7.20. The summed E-state index contributed by atoms with van der Waals surface area (Å²) in [5, 5.41) is 12.2. The van der Waals surface area contributed by atoms with Gasteiger partial charge in [-0.25, -0.2) is 24.6 Å². The molecule has 1 aliphatic carbocycles. The molecular weight excluding hydrogens is 537 g/mol. The van der Waals surface area contributed by atoms with Gasteiger partial charge in [-0.15, -0.1) is 10.2 Å². The Morgan fingerprint density at radius 2 is 1.88 bits per heavy atom. The first-order chi connectivity index (χ1) is 19.8. The third-order valence-corrected chi connectivity index (χ3v) is 7.20. The van der Waals surface area contributed by atoms with Gasteiger partial charge in [0, 0.05) is 23.4 Å². The highest BCUT2D eigenvalue weighted by atomic mass is 19.4. The number of halogens is 3. The molecule has 7 rings (SSSR count). The molecule has 11 nitrogen and oxygen atoms in total. The number of methoxy groups -OCH3 is 1. The SMILES string of the molecule is COc1ncnc(C2CC2)c1-c1ncc2c(n1)N(Cc1ccc(-n3nc(C(F)(F)F)cc3C)cc1)c1nncn1C2. The quantitative estimate of drug-likeness (QED) is 0.294. The van der Waals surface area contributed by atoms with Crippen LogP contribution in [0, 0.1) is 6.92 Å². The lowest BCUT2D eigenvalue weighted by atomic mass is 10.1. The van der Waals surface area contributed by atoms with Crippen molar-refractivity contribution in [3.8, 4) is 23.0 Å². The van der Waals surface area contributed by atoms with E-state index in [4.69, 9.17) is 9.72 Å². The van der Waals surface area contributed by atoms with Crippen molar-refractivity contribution in [2.45, 2.75) is 44.9 Å². The number of alkyl halides is 3. The van der Waals surface area contributed by atoms with Gasteiger partial charge >= 0.3 is 6.18 Å². The first-order valence-corrected chi connectivity index (χ1v) is 12.9. The van der Waals surface area contributed by atoms with Crippen molar-refractivity contribution in [3.05, 3.63) is 77.4 Å². The molecule has 0 radical (unpaired) electrons. The maximum atomic E-state index is 13.2. The second kappa shape index (κ2) is 9.35. The number of anilines is 2. The standard InChI is InChI=1S/C27H23F3N10O/c1-15-9-20(27(28,29)30)37-40(15)19-7-3-16(4-8-19)11-39-24-18(12-38-14-34-36-26(38)39)10-31-23(35-24)21-22(17-5-6-17)32-13-33-25(21)41-2/h3-4,7-10,13-14,17H,5-6,11-12H2,1-2H3. The minimum absolute atomic E-state index is 0.324. The Balaban J connectivity index is 1.25. The van der Waals surface area contributed by atoms with Crippen molar-refractivity contribution < 1.29 is 17.9 Å². The zero-order valence-electron chi connectivity index (χ0n) is 22.0. The van der Waals surface area contributed by atoms with E-state index in [1.165, 1.54) is 11.0 Å². The van der Waals surface area contributed by atoms with Gasteiger partial charge in [0.1, 0.15) is 24.0 Å². The first kappa shape index (κ1) is 25.1. The highest BCUT2D eigenvalue weighted by Gasteiger charge is 2.35. The minimum Gasteiger partial charge on any atom is -0.480 e. The van der Waals surface area contributed by atoms with E-state index in [1.807, 2.05) is 21.6 Å². The smallest absolute Gasteiger partial charge is 0.435 e. The Kier molecular flexibility index (Phi) is 5.73. The summed E-state index contributed by atoms with van der Waals surface area (Å²) in [6.45, 7) is 2.48. The van der Waals surface area contributed by atoms with Gasteiger partial charge in [0.05, 0.1) is 31.6 Å². The fourth-order valence-electron chi connectivity index (χ4n) is 5.07. The number of hydrogen-bond donors (Lipinski definition) is 0. The van der Waals surface area contributed by atoms with Crippen LogP contribution in [0.15, 0.2) is 49.2 Å². The van der Waals surface area contributed by atoms with Crippen LogP contribution in [0.2, 0.25) is 0 Å². The Morgan fingerprint density at radius 3 is 2.59 bits per heavy atom. The summed E-state index contributed by atoms with van der Waals surface area (Å²) in [6, 6.07) is 8.21. The summed E-state index contributed by atoms with van der Waals surface area (Å²) in [6.07, 6.45) is 2.52. The Bertz CT molecular complexity index is 1760. The predicted octanol–water partition coefficient (Wildman–Crippen LogP) is 4.62. The summed E-state index contributed by atoms with van der Waals surface area (Å²) in [5.41, 5.74) is 3.31. The van der Waals surface area contributed by atoms with Crippen molar-refractivity contribution in [1.82, 2.24) is 44.5 Å². The molecule has 4 aromatic heterocycles. The molecule has 0 saturated heterocycles. The van der Waals surface area contributed by atoms with Crippen LogP contribution in [-0.4, -0.2) is 51.6 Å². The second-order valence-electron chi connectivity index (χ2n) is 10.1. The number of ether oxygens (including phenoxy) is 1. The summed E-state index contributed by atoms with van der Waals surface area (Å²) >= 11 is 0. The number of benzene rings is 1. The third kappa shape index (κ3) is 4.44. The lowest BCUT2D eigenvalue weighted by Crippen LogP contribution is -2.28. The van der Waals surface area contributed by atoms with Gasteiger partial charge in [0.15, 0.2) is 11.5 Å². The minimum atomic E-state index is -4.51. The zero-order chi connectivity index (χ0) is 28.3. The van der Waals surface area contributed by atoms with E-state index < -0.39 is 11.9 Å². The summed E-state index contributed by atoms with van der Waals surface area (Å²) < 4.78 is 48.2. The van der Waals surface area contributed by atoms with E-state index in [1.54, 1.807) is 38.7 Å². The van der Waals surface area contributed by atoms with Gasteiger partial charge < -0.3 is 4.74 Å². The van der Waals surface area contributed by atoms with Crippen LogP contribution in [0.5, 0.6) is 5.88 Å². The molecule has 1 fully saturated rings. The number of fused-ring (bicyclic) bond motifs is 2. The van der Waals surface area contributed by atoms with E-state index in [0.29, 0.717) is 59.4 Å². The molecule has 2 aliphatic rings. The van der Waals surface area contributed by atoms with Gasteiger partial charge in [0.25, 0.3) is 0 Å². The van der Waals surface area contributed by atoms with Crippen LogP contribution in [0.4, 0.5) is 24.9 Å². The molecule has 1 aromatic carbocycles. The predicted molar refractivity (Wildman–Crippen MR) is 140 cm³/mol. The van der Waals surface area contributed by atoms with E-state index in [2.05, 4.69) is 30.2 Å². The summed E-state index contributed by atoms with van der Waals surface area (Å²) in [7, 11) is 1.56. The number of aryl methyl sites for hydroxylation is 1. The molecule has 0 unspecified atom stereocenters. The molecule has 0 amide bonds. The molecule has 1 saturated carbocycles. The molecular formula is C27H23F3N10O. The Labute approximate surface area is 231 Å². The van der Waals surface area contributed by atoms with Gasteiger partial charge in [-0.1, -0.05) is 12.1 Å². The monoisotopic (exact) mass is 560 g/mol. The zero-order valence-corrected chi connectivity index (χ0v) is 22.0. The van der Waals surface area contributed by atoms with E-state index in [0.717, 1.165) is 35.7 Å². The average molecular weight is 561 g/mol. The number of nitrogens with zero attached hydrogens (tertiary/aromatic N) is 10. The fourth-order valence-corrected chi connectivity index (χ4v) is 5.07. The highest BCUT2D eigenvalue weighted by Crippen LogP contribution is 2.45. The molecule has 0 bridgehead atoms. The van der Waals surface area contributed by atoms with Crippen LogP contribution in [0.3, 0.4) is 0 Å². The molecule has 5 aromatic rings. The van der Waals surface area contributed by atoms with Crippen LogP contribution in [-0.2, 0) is 19.3 Å². The lowest BCUT2D eigenvalue weighted by molar-refractivity contribution is -0.141.